The van der Waals surface area contributed by atoms with E-state index < -0.39 is 29.6 Å². The van der Waals surface area contributed by atoms with Gasteiger partial charge in [0, 0.05) is 37.6 Å². The van der Waals surface area contributed by atoms with E-state index in [1.54, 1.807) is 18.7 Å². The summed E-state index contributed by atoms with van der Waals surface area (Å²) >= 11 is 0. The average molecular weight is 470 g/mol. The second-order valence-corrected chi connectivity index (χ2v) is 7.50. The van der Waals surface area contributed by atoms with Gasteiger partial charge in [-0.3, -0.25) is 0 Å². The molecule has 0 saturated heterocycles. The van der Waals surface area contributed by atoms with Crippen LogP contribution in [0.2, 0.25) is 0 Å². The van der Waals surface area contributed by atoms with Gasteiger partial charge in [-0.1, -0.05) is 18.2 Å². The number of carbonyl (C=O) groups excluding carboxylic acids is 2. The summed E-state index contributed by atoms with van der Waals surface area (Å²) in [6.45, 7) is 5.63. The molecule has 0 radical (unpaired) electrons. The van der Waals surface area contributed by atoms with Gasteiger partial charge in [-0.05, 0) is 32.5 Å². The van der Waals surface area contributed by atoms with E-state index in [1.165, 1.54) is 18.2 Å². The molecule has 2 rings (SSSR count). The van der Waals surface area contributed by atoms with Crippen LogP contribution >= 0.6 is 0 Å². The zero-order chi connectivity index (χ0) is 24.8. The number of hydrogen-bond donors (Lipinski definition) is 2. The maximum atomic E-state index is 13.9. The summed E-state index contributed by atoms with van der Waals surface area (Å²) < 4.78 is 51.5. The molecule has 0 unspecified atom stereocenters. The van der Waals surface area contributed by atoms with Crippen molar-refractivity contribution in [2.75, 3.05) is 47.4 Å². The Kier molecular flexibility index (Phi) is 9.07. The third-order valence-corrected chi connectivity index (χ3v) is 5.62. The van der Waals surface area contributed by atoms with Gasteiger partial charge in [0.25, 0.3) is 0 Å². The van der Waals surface area contributed by atoms with Gasteiger partial charge in [0.05, 0.1) is 36.8 Å². The van der Waals surface area contributed by atoms with Crippen LogP contribution in [0.3, 0.4) is 0 Å². The highest BCUT2D eigenvalue weighted by Gasteiger charge is 2.44. The van der Waals surface area contributed by atoms with Crippen LogP contribution in [-0.4, -0.2) is 64.3 Å². The van der Waals surface area contributed by atoms with E-state index in [1.807, 2.05) is 7.05 Å². The summed E-state index contributed by atoms with van der Waals surface area (Å²) in [6.07, 6.45) is -4.69. The number of hydrogen-bond acceptors (Lipinski definition) is 7. The topological polar surface area (TPSA) is 79.9 Å². The molecule has 2 N–H and O–H groups in total. The Morgan fingerprint density at radius 2 is 1.52 bits per heavy atom. The monoisotopic (exact) mass is 469 g/mol. The van der Waals surface area contributed by atoms with Crippen LogP contribution < -0.4 is 10.6 Å². The Morgan fingerprint density at radius 1 is 0.970 bits per heavy atom. The van der Waals surface area contributed by atoms with Crippen LogP contribution in [0.15, 0.2) is 46.8 Å². The minimum atomic E-state index is -4.69. The largest absolute Gasteiger partial charge is 0.466 e. The molecule has 0 fully saturated rings. The average Bonchev–Trinajstić information content (AvgIpc) is 2.78. The van der Waals surface area contributed by atoms with Gasteiger partial charge in [0.1, 0.15) is 0 Å². The summed E-state index contributed by atoms with van der Waals surface area (Å²) in [5, 5.41) is 6.25. The van der Waals surface area contributed by atoms with E-state index in [-0.39, 0.29) is 16.7 Å². The fourth-order valence-electron chi connectivity index (χ4n) is 4.04. The lowest BCUT2D eigenvalue weighted by molar-refractivity contribution is -0.140. The molecule has 1 aromatic rings. The lowest BCUT2D eigenvalue weighted by Crippen LogP contribution is -2.39. The van der Waals surface area contributed by atoms with Crippen LogP contribution in [0.1, 0.15) is 30.9 Å². The number of esters is 2. The maximum Gasteiger partial charge on any atom is 0.416 e. The molecule has 0 atom stereocenters. The van der Waals surface area contributed by atoms with Gasteiger partial charge in [-0.2, -0.15) is 13.2 Å². The van der Waals surface area contributed by atoms with Crippen molar-refractivity contribution in [3.8, 4) is 0 Å². The summed E-state index contributed by atoms with van der Waals surface area (Å²) in [4.78, 5) is 27.5. The van der Waals surface area contributed by atoms with Crippen LogP contribution in [0.4, 0.5) is 13.2 Å². The molecule has 0 amide bonds. The Labute approximate surface area is 191 Å². The number of carbonyl (C=O) groups is 2. The molecule has 182 valence electrons. The summed E-state index contributed by atoms with van der Waals surface area (Å²) in [6, 6.07) is 4.91. The van der Waals surface area contributed by atoms with E-state index in [9.17, 15) is 22.8 Å². The highest BCUT2D eigenvalue weighted by molar-refractivity contribution is 6.00. The van der Waals surface area contributed by atoms with E-state index in [4.69, 9.17) is 9.47 Å². The van der Waals surface area contributed by atoms with Gasteiger partial charge >= 0.3 is 18.1 Å². The molecule has 0 saturated carbocycles. The quantitative estimate of drug-likeness (QED) is 0.425. The number of allylic oxidation sites excluding steroid dienone is 2. The molecule has 10 heteroatoms. The number of likely N-dealkylation sites (N-methyl/N-ethyl adjacent to an activating group) is 1. The second kappa shape index (κ2) is 11.3. The standard InChI is InChI=1S/C23H30F3N3O4/c1-14-18(21(30)32-4)20(16-8-6-7-9-17(16)23(24,25)26)19(22(31)33-5)15(2)29(14)13-12-28-11-10-27-3/h6-9,20,27-28H,10-13H2,1-5H3. The van der Waals surface area contributed by atoms with Gasteiger partial charge in [-0.25, -0.2) is 9.59 Å². The van der Waals surface area contributed by atoms with Crippen LogP contribution in [0.25, 0.3) is 0 Å². The third-order valence-electron chi connectivity index (χ3n) is 5.62. The molecule has 1 heterocycles. The number of alkyl halides is 3. The fourth-order valence-corrected chi connectivity index (χ4v) is 4.04. The van der Waals surface area contributed by atoms with Crippen molar-refractivity contribution in [1.29, 1.82) is 0 Å². The molecule has 0 aliphatic carbocycles. The van der Waals surface area contributed by atoms with Crippen molar-refractivity contribution in [3.05, 3.63) is 57.9 Å². The normalized spacial score (nSPS) is 15.2. The minimum Gasteiger partial charge on any atom is -0.466 e. The molecule has 7 nitrogen and oxygen atoms in total. The van der Waals surface area contributed by atoms with E-state index in [2.05, 4.69) is 10.6 Å². The minimum absolute atomic E-state index is 0.0320. The molecule has 33 heavy (non-hydrogen) atoms. The SMILES string of the molecule is CNCCNCCN1C(C)=C(C(=O)OC)C(c2ccccc2C(F)(F)F)C(C(=O)OC)=C1C. The van der Waals surface area contributed by atoms with Crippen LogP contribution in [0.5, 0.6) is 0 Å². The second-order valence-electron chi connectivity index (χ2n) is 7.50. The molecular weight excluding hydrogens is 439 g/mol. The number of rotatable bonds is 9. The van der Waals surface area contributed by atoms with Crippen molar-refractivity contribution >= 4 is 11.9 Å². The Bertz CT molecular complexity index is 901. The van der Waals surface area contributed by atoms with Crippen molar-refractivity contribution in [2.24, 2.45) is 0 Å². The Morgan fingerprint density at radius 3 is 2.00 bits per heavy atom. The zero-order valence-electron chi connectivity index (χ0n) is 19.4. The molecule has 0 spiro atoms. The van der Waals surface area contributed by atoms with E-state index in [0.29, 0.717) is 31.0 Å². The third kappa shape index (κ3) is 5.75. The summed E-state index contributed by atoms with van der Waals surface area (Å²) in [7, 11) is 4.14. The first-order valence-corrected chi connectivity index (χ1v) is 10.5. The molecular formula is C23H30F3N3O4. The van der Waals surface area contributed by atoms with Gasteiger partial charge in [0.15, 0.2) is 0 Å². The number of methoxy groups -OCH3 is 2. The first-order chi connectivity index (χ1) is 15.6. The molecule has 1 aliphatic rings. The molecule has 1 aliphatic heterocycles. The first kappa shape index (κ1) is 26.4. The highest BCUT2D eigenvalue weighted by Crippen LogP contribution is 2.46. The zero-order valence-corrected chi connectivity index (χ0v) is 19.4. The van der Waals surface area contributed by atoms with Crippen LogP contribution in [0, 0.1) is 0 Å². The van der Waals surface area contributed by atoms with Crippen molar-refractivity contribution in [2.45, 2.75) is 25.9 Å². The number of nitrogens with one attached hydrogen (secondary N) is 2. The number of nitrogens with zero attached hydrogens (tertiary/aromatic N) is 1. The van der Waals surface area contributed by atoms with Crippen molar-refractivity contribution in [3.63, 3.8) is 0 Å². The smallest absolute Gasteiger partial charge is 0.416 e. The van der Waals surface area contributed by atoms with Gasteiger partial charge in [0.2, 0.25) is 0 Å². The van der Waals surface area contributed by atoms with Gasteiger partial charge in [-0.15, -0.1) is 0 Å². The predicted octanol–water partition coefficient (Wildman–Crippen LogP) is 2.81. The maximum absolute atomic E-state index is 13.9. The first-order valence-electron chi connectivity index (χ1n) is 10.5. The molecule has 0 aromatic heterocycles. The van der Waals surface area contributed by atoms with E-state index >= 15 is 0 Å². The number of benzene rings is 1. The molecule has 1 aromatic carbocycles. The number of ether oxygens (including phenoxy) is 2. The van der Waals surface area contributed by atoms with E-state index in [0.717, 1.165) is 26.8 Å². The van der Waals surface area contributed by atoms with Crippen molar-refractivity contribution in [1.82, 2.24) is 15.5 Å². The summed E-state index contributed by atoms with van der Waals surface area (Å²) in [5.41, 5.74) is -0.364. The Balaban J connectivity index is 2.70. The Hall–Kier alpha value is -2.85. The lowest BCUT2D eigenvalue weighted by Gasteiger charge is -2.38. The number of halogens is 3. The van der Waals surface area contributed by atoms with Crippen LogP contribution in [-0.2, 0) is 25.2 Å². The molecule has 0 bridgehead atoms. The van der Waals surface area contributed by atoms with Crippen molar-refractivity contribution < 1.29 is 32.2 Å². The summed E-state index contributed by atoms with van der Waals surface area (Å²) in [5.74, 6) is -2.91. The highest BCUT2D eigenvalue weighted by atomic mass is 19.4. The predicted molar refractivity (Wildman–Crippen MR) is 117 cm³/mol. The van der Waals surface area contributed by atoms with Gasteiger partial charge < -0.3 is 25.0 Å². The lowest BCUT2D eigenvalue weighted by atomic mass is 9.78. The fraction of sp³-hybridized carbons (Fsp3) is 0.478.